The molecule has 0 aromatic carbocycles. The lowest BCUT2D eigenvalue weighted by atomic mass is 10.3. The summed E-state index contributed by atoms with van der Waals surface area (Å²) in [4.78, 5) is 29.9. The highest BCUT2D eigenvalue weighted by Gasteiger charge is 2.20. The SMILES string of the molecule is CCCCOc1c(C(=O)OCC)nc(C)[nH]c1=O. The van der Waals surface area contributed by atoms with Gasteiger partial charge in [0.15, 0.2) is 5.69 Å². The highest BCUT2D eigenvalue weighted by atomic mass is 16.5. The number of nitrogens with zero attached hydrogens (tertiary/aromatic N) is 1. The number of aromatic amines is 1. The van der Waals surface area contributed by atoms with Gasteiger partial charge in [-0.25, -0.2) is 9.78 Å². The largest absolute Gasteiger partial charge is 0.486 e. The lowest BCUT2D eigenvalue weighted by Crippen LogP contribution is -2.21. The van der Waals surface area contributed by atoms with E-state index in [1.165, 1.54) is 0 Å². The van der Waals surface area contributed by atoms with E-state index in [4.69, 9.17) is 9.47 Å². The molecule has 0 saturated carbocycles. The Kier molecular flexibility index (Phi) is 5.35. The summed E-state index contributed by atoms with van der Waals surface area (Å²) in [7, 11) is 0. The summed E-state index contributed by atoms with van der Waals surface area (Å²) in [6, 6.07) is 0. The van der Waals surface area contributed by atoms with Crippen molar-refractivity contribution in [3.8, 4) is 5.75 Å². The number of hydrogen-bond acceptors (Lipinski definition) is 5. The van der Waals surface area contributed by atoms with Crippen molar-refractivity contribution in [2.45, 2.75) is 33.6 Å². The van der Waals surface area contributed by atoms with Crippen molar-refractivity contribution >= 4 is 5.97 Å². The molecule has 1 rings (SSSR count). The number of aromatic nitrogens is 2. The van der Waals surface area contributed by atoms with E-state index in [0.29, 0.717) is 12.4 Å². The number of aryl methyl sites for hydroxylation is 1. The Morgan fingerprint density at radius 1 is 1.39 bits per heavy atom. The maximum absolute atomic E-state index is 11.7. The molecule has 6 heteroatoms. The molecule has 18 heavy (non-hydrogen) atoms. The Labute approximate surface area is 105 Å². The average Bonchev–Trinajstić information content (AvgIpc) is 2.31. The molecule has 0 aliphatic heterocycles. The van der Waals surface area contributed by atoms with Gasteiger partial charge in [-0.15, -0.1) is 0 Å². The van der Waals surface area contributed by atoms with Gasteiger partial charge >= 0.3 is 5.97 Å². The molecule has 0 saturated heterocycles. The topological polar surface area (TPSA) is 81.3 Å². The first-order chi connectivity index (χ1) is 8.60. The Morgan fingerprint density at radius 3 is 2.72 bits per heavy atom. The molecule has 0 atom stereocenters. The van der Waals surface area contributed by atoms with Crippen molar-refractivity contribution in [1.29, 1.82) is 0 Å². The molecule has 6 nitrogen and oxygen atoms in total. The Morgan fingerprint density at radius 2 is 2.11 bits per heavy atom. The lowest BCUT2D eigenvalue weighted by Gasteiger charge is -2.09. The molecule has 0 bridgehead atoms. The van der Waals surface area contributed by atoms with Gasteiger partial charge in [-0.1, -0.05) is 13.3 Å². The van der Waals surface area contributed by atoms with E-state index in [1.54, 1.807) is 13.8 Å². The molecule has 0 spiro atoms. The molecular formula is C12H18N2O4. The second-order valence-electron chi connectivity index (χ2n) is 3.75. The minimum Gasteiger partial charge on any atom is -0.486 e. The summed E-state index contributed by atoms with van der Waals surface area (Å²) >= 11 is 0. The number of carbonyl (C=O) groups is 1. The van der Waals surface area contributed by atoms with Gasteiger partial charge in [-0.3, -0.25) is 4.79 Å². The van der Waals surface area contributed by atoms with E-state index in [0.717, 1.165) is 12.8 Å². The van der Waals surface area contributed by atoms with E-state index >= 15 is 0 Å². The van der Waals surface area contributed by atoms with Crippen molar-refractivity contribution in [2.24, 2.45) is 0 Å². The van der Waals surface area contributed by atoms with Crippen LogP contribution < -0.4 is 10.3 Å². The van der Waals surface area contributed by atoms with E-state index < -0.39 is 11.5 Å². The Bertz CT molecular complexity index is 468. The van der Waals surface area contributed by atoms with Gasteiger partial charge in [0.2, 0.25) is 5.75 Å². The fraction of sp³-hybridized carbons (Fsp3) is 0.583. The van der Waals surface area contributed by atoms with Crippen LogP contribution in [0.3, 0.4) is 0 Å². The first-order valence-corrected chi connectivity index (χ1v) is 6.01. The molecule has 0 fully saturated rings. The molecular weight excluding hydrogens is 236 g/mol. The maximum atomic E-state index is 11.7. The molecule has 0 amide bonds. The number of esters is 1. The van der Waals surface area contributed by atoms with Gasteiger partial charge in [0, 0.05) is 0 Å². The highest BCUT2D eigenvalue weighted by molar-refractivity contribution is 5.90. The van der Waals surface area contributed by atoms with E-state index in [1.807, 2.05) is 6.92 Å². The summed E-state index contributed by atoms with van der Waals surface area (Å²) in [5.74, 6) is -0.350. The lowest BCUT2D eigenvalue weighted by molar-refractivity contribution is 0.0513. The number of unbranched alkanes of at least 4 members (excludes halogenated alkanes) is 1. The molecule has 1 aromatic rings. The summed E-state index contributed by atoms with van der Waals surface area (Å²) in [5.41, 5.74) is -0.518. The van der Waals surface area contributed by atoms with E-state index in [2.05, 4.69) is 9.97 Å². The summed E-state index contributed by atoms with van der Waals surface area (Å²) in [5, 5.41) is 0. The maximum Gasteiger partial charge on any atom is 0.361 e. The van der Waals surface area contributed by atoms with Crippen LogP contribution in [0.4, 0.5) is 0 Å². The van der Waals surface area contributed by atoms with Crippen LogP contribution >= 0.6 is 0 Å². The van der Waals surface area contributed by atoms with Crippen molar-refractivity contribution in [2.75, 3.05) is 13.2 Å². The standard InChI is InChI=1S/C12H18N2O4/c1-4-6-7-18-10-9(12(16)17-5-2)13-8(3)14-11(10)15/h4-7H2,1-3H3,(H,13,14,15). The number of rotatable bonds is 6. The van der Waals surface area contributed by atoms with Crippen LogP contribution in [0.15, 0.2) is 4.79 Å². The summed E-state index contributed by atoms with van der Waals surface area (Å²) in [6.45, 7) is 5.89. The zero-order valence-electron chi connectivity index (χ0n) is 10.9. The van der Waals surface area contributed by atoms with E-state index in [-0.39, 0.29) is 18.1 Å². The van der Waals surface area contributed by atoms with Crippen LogP contribution in [-0.4, -0.2) is 29.2 Å². The fourth-order valence-electron chi connectivity index (χ4n) is 1.37. The third kappa shape index (κ3) is 3.58. The predicted molar refractivity (Wildman–Crippen MR) is 66.0 cm³/mol. The van der Waals surface area contributed by atoms with Crippen LogP contribution in [0.2, 0.25) is 0 Å². The molecule has 0 radical (unpaired) electrons. The second kappa shape index (κ2) is 6.78. The molecule has 100 valence electrons. The van der Waals surface area contributed by atoms with Crippen LogP contribution in [0.25, 0.3) is 0 Å². The van der Waals surface area contributed by atoms with E-state index in [9.17, 15) is 9.59 Å². The van der Waals surface area contributed by atoms with Gasteiger partial charge in [-0.2, -0.15) is 0 Å². The molecule has 1 heterocycles. The Balaban J connectivity index is 3.05. The summed E-state index contributed by atoms with van der Waals surface area (Å²) < 4.78 is 10.2. The fourth-order valence-corrected chi connectivity index (χ4v) is 1.37. The van der Waals surface area contributed by atoms with Crippen molar-refractivity contribution in [1.82, 2.24) is 9.97 Å². The van der Waals surface area contributed by atoms with Crippen molar-refractivity contribution < 1.29 is 14.3 Å². The number of ether oxygens (including phenoxy) is 2. The zero-order valence-corrected chi connectivity index (χ0v) is 10.9. The van der Waals surface area contributed by atoms with Gasteiger partial charge in [0.05, 0.1) is 13.2 Å². The smallest absolute Gasteiger partial charge is 0.361 e. The van der Waals surface area contributed by atoms with Crippen LogP contribution in [-0.2, 0) is 4.74 Å². The van der Waals surface area contributed by atoms with Gasteiger partial charge < -0.3 is 14.5 Å². The molecule has 1 N–H and O–H groups in total. The van der Waals surface area contributed by atoms with Gasteiger partial charge in [-0.05, 0) is 20.3 Å². The van der Waals surface area contributed by atoms with Crippen LogP contribution in [0.1, 0.15) is 43.0 Å². The minimum atomic E-state index is -0.641. The summed E-state index contributed by atoms with van der Waals surface area (Å²) in [6.07, 6.45) is 1.74. The monoisotopic (exact) mass is 254 g/mol. The molecule has 0 aliphatic rings. The average molecular weight is 254 g/mol. The minimum absolute atomic E-state index is 0.0609. The zero-order chi connectivity index (χ0) is 13.5. The second-order valence-corrected chi connectivity index (χ2v) is 3.75. The van der Waals surface area contributed by atoms with Gasteiger partial charge in [0.1, 0.15) is 5.82 Å². The number of carbonyl (C=O) groups excluding carboxylic acids is 1. The van der Waals surface area contributed by atoms with Crippen LogP contribution in [0, 0.1) is 6.92 Å². The Hall–Kier alpha value is -1.85. The third-order valence-corrected chi connectivity index (χ3v) is 2.21. The van der Waals surface area contributed by atoms with Gasteiger partial charge in [0.25, 0.3) is 5.56 Å². The third-order valence-electron chi connectivity index (χ3n) is 2.21. The van der Waals surface area contributed by atoms with Crippen molar-refractivity contribution in [3.63, 3.8) is 0 Å². The molecule has 1 aromatic heterocycles. The first kappa shape index (κ1) is 14.2. The molecule has 0 unspecified atom stereocenters. The first-order valence-electron chi connectivity index (χ1n) is 6.01. The number of hydrogen-bond donors (Lipinski definition) is 1. The van der Waals surface area contributed by atoms with Crippen LogP contribution in [0.5, 0.6) is 5.75 Å². The predicted octanol–water partition coefficient (Wildman–Crippen LogP) is 1.43. The molecule has 0 aliphatic carbocycles. The quantitative estimate of drug-likeness (QED) is 0.613. The number of nitrogens with one attached hydrogen (secondary N) is 1. The highest BCUT2D eigenvalue weighted by Crippen LogP contribution is 2.12. The number of H-pyrrole nitrogens is 1. The van der Waals surface area contributed by atoms with Crippen molar-refractivity contribution in [3.05, 3.63) is 21.9 Å². The normalized spacial score (nSPS) is 10.2.